The Balaban J connectivity index is 1.33. The Morgan fingerprint density at radius 1 is 1.16 bits per heavy atom. The predicted octanol–water partition coefficient (Wildman–Crippen LogP) is 5.26. The van der Waals surface area contributed by atoms with Gasteiger partial charge in [-0.1, -0.05) is 12.1 Å². The third-order valence-corrected chi connectivity index (χ3v) is 6.99. The van der Waals surface area contributed by atoms with Gasteiger partial charge in [0.25, 0.3) is 5.91 Å². The lowest BCUT2D eigenvalue weighted by atomic mass is 9.95. The summed E-state index contributed by atoms with van der Waals surface area (Å²) in [5.41, 5.74) is 4.22. The summed E-state index contributed by atoms with van der Waals surface area (Å²) >= 11 is 1.65. The summed E-state index contributed by atoms with van der Waals surface area (Å²) in [7, 11) is 0. The highest BCUT2D eigenvalue weighted by atomic mass is 32.1. The molecule has 0 fully saturated rings. The van der Waals surface area contributed by atoms with Crippen LogP contribution in [0, 0.1) is 0 Å². The van der Waals surface area contributed by atoms with Crippen LogP contribution in [-0.4, -0.2) is 25.7 Å². The van der Waals surface area contributed by atoms with Crippen LogP contribution < -0.4 is 5.32 Å². The van der Waals surface area contributed by atoms with Crippen LogP contribution in [0.2, 0.25) is 0 Å². The molecule has 4 aromatic heterocycles. The second-order valence-electron chi connectivity index (χ2n) is 7.94. The molecule has 7 nitrogen and oxygen atoms in total. The Bertz CT molecular complexity index is 1380. The summed E-state index contributed by atoms with van der Waals surface area (Å²) in [5.74, 6) is 1.52. The summed E-state index contributed by atoms with van der Waals surface area (Å²) in [4.78, 5) is 22.6. The molecular weight excluding hydrogens is 422 g/mol. The minimum atomic E-state index is -0.257. The number of hydrogen-bond donors (Lipinski definition) is 2. The largest absolute Gasteiger partial charge is 0.454 e. The van der Waals surface area contributed by atoms with Gasteiger partial charge in [-0.05, 0) is 61.6 Å². The molecule has 0 saturated heterocycles. The van der Waals surface area contributed by atoms with E-state index in [4.69, 9.17) is 9.40 Å². The number of anilines is 1. The number of imidazole rings is 1. The van der Waals surface area contributed by atoms with E-state index in [0.717, 1.165) is 46.7 Å². The standard InChI is InChI=1S/C24H21N5O2S/c30-23(19-11-10-15(31-19)14-29-13-5-12-25-29)28-24-21(16-6-1-4-9-20(16)32-24)22-26-17-7-2-3-8-18(17)27-22/h2-3,5,7-8,10-13H,1,4,6,9,14H2,(H,26,27)(H,28,30). The number of aromatic amines is 1. The molecule has 0 radical (unpaired) electrons. The fourth-order valence-corrected chi connectivity index (χ4v) is 5.56. The van der Waals surface area contributed by atoms with Crippen molar-refractivity contribution in [2.45, 2.75) is 32.2 Å². The molecule has 32 heavy (non-hydrogen) atoms. The lowest BCUT2D eigenvalue weighted by molar-refractivity contribution is 0.0995. The molecule has 6 rings (SSSR count). The molecule has 4 heterocycles. The van der Waals surface area contributed by atoms with Crippen molar-refractivity contribution in [2.75, 3.05) is 5.32 Å². The van der Waals surface area contributed by atoms with Crippen molar-refractivity contribution in [3.8, 4) is 11.4 Å². The van der Waals surface area contributed by atoms with E-state index in [1.54, 1.807) is 28.3 Å². The van der Waals surface area contributed by atoms with Crippen LogP contribution in [0.1, 0.15) is 39.6 Å². The summed E-state index contributed by atoms with van der Waals surface area (Å²) in [6.45, 7) is 0.484. The molecule has 0 saturated carbocycles. The van der Waals surface area contributed by atoms with Gasteiger partial charge in [-0.2, -0.15) is 5.10 Å². The van der Waals surface area contributed by atoms with E-state index in [1.807, 2.05) is 42.6 Å². The number of thiophene rings is 1. The van der Waals surface area contributed by atoms with E-state index in [-0.39, 0.29) is 11.7 Å². The summed E-state index contributed by atoms with van der Waals surface area (Å²) < 4.78 is 7.55. The maximum Gasteiger partial charge on any atom is 0.291 e. The number of aromatic nitrogens is 4. The first-order valence-electron chi connectivity index (χ1n) is 10.7. The van der Waals surface area contributed by atoms with E-state index in [0.29, 0.717) is 12.3 Å². The van der Waals surface area contributed by atoms with Crippen molar-refractivity contribution >= 4 is 33.3 Å². The number of amides is 1. The van der Waals surface area contributed by atoms with Crippen molar-refractivity contribution in [1.82, 2.24) is 19.7 Å². The number of rotatable bonds is 5. The molecule has 0 bridgehead atoms. The third kappa shape index (κ3) is 3.42. The minimum absolute atomic E-state index is 0.257. The molecule has 0 atom stereocenters. The van der Waals surface area contributed by atoms with Gasteiger partial charge in [0.2, 0.25) is 0 Å². The topological polar surface area (TPSA) is 88.7 Å². The SMILES string of the molecule is O=C(Nc1sc2c(c1-c1nc3ccccc3[nH]1)CCCC2)c1ccc(Cn2cccn2)o1. The van der Waals surface area contributed by atoms with E-state index >= 15 is 0 Å². The van der Waals surface area contributed by atoms with E-state index in [9.17, 15) is 4.79 Å². The zero-order valence-electron chi connectivity index (χ0n) is 17.3. The van der Waals surface area contributed by atoms with Gasteiger partial charge in [0, 0.05) is 17.3 Å². The third-order valence-electron chi connectivity index (χ3n) is 5.79. The first-order valence-corrected chi connectivity index (χ1v) is 11.5. The smallest absolute Gasteiger partial charge is 0.291 e. The summed E-state index contributed by atoms with van der Waals surface area (Å²) in [6, 6.07) is 13.4. The van der Waals surface area contributed by atoms with Gasteiger partial charge < -0.3 is 14.7 Å². The van der Waals surface area contributed by atoms with Crippen LogP contribution in [0.4, 0.5) is 5.00 Å². The lowest BCUT2D eigenvalue weighted by Gasteiger charge is -2.11. The van der Waals surface area contributed by atoms with Crippen molar-refractivity contribution in [3.05, 3.63) is 76.8 Å². The molecule has 1 amide bonds. The number of hydrogen-bond acceptors (Lipinski definition) is 5. The predicted molar refractivity (Wildman–Crippen MR) is 124 cm³/mol. The Hall–Kier alpha value is -3.65. The van der Waals surface area contributed by atoms with Gasteiger partial charge in [-0.25, -0.2) is 4.98 Å². The van der Waals surface area contributed by atoms with E-state index in [1.165, 1.54) is 16.9 Å². The van der Waals surface area contributed by atoms with Crippen molar-refractivity contribution in [3.63, 3.8) is 0 Å². The van der Waals surface area contributed by atoms with Crippen molar-refractivity contribution in [1.29, 1.82) is 0 Å². The van der Waals surface area contributed by atoms with Crippen LogP contribution >= 0.6 is 11.3 Å². The van der Waals surface area contributed by atoms with Crippen LogP contribution in [0.5, 0.6) is 0 Å². The Morgan fingerprint density at radius 2 is 2.06 bits per heavy atom. The monoisotopic (exact) mass is 443 g/mol. The van der Waals surface area contributed by atoms with Gasteiger partial charge in [0.15, 0.2) is 5.76 Å². The molecule has 1 aromatic carbocycles. The number of benzene rings is 1. The Labute approximate surface area is 188 Å². The van der Waals surface area contributed by atoms with Crippen LogP contribution in [0.25, 0.3) is 22.4 Å². The highest BCUT2D eigenvalue weighted by molar-refractivity contribution is 7.17. The van der Waals surface area contributed by atoms with Gasteiger partial charge in [0.1, 0.15) is 16.6 Å². The normalized spacial score (nSPS) is 13.4. The number of carbonyl (C=O) groups is 1. The molecule has 2 N–H and O–H groups in total. The number of aryl methyl sites for hydroxylation is 1. The van der Waals surface area contributed by atoms with Gasteiger partial charge >= 0.3 is 0 Å². The molecule has 5 aromatic rings. The highest BCUT2D eigenvalue weighted by Crippen LogP contribution is 2.43. The number of H-pyrrole nitrogens is 1. The number of nitrogens with one attached hydrogen (secondary N) is 2. The average Bonchev–Trinajstić information content (AvgIpc) is 3.59. The molecule has 160 valence electrons. The molecule has 0 unspecified atom stereocenters. The molecule has 1 aliphatic carbocycles. The molecule has 0 aliphatic heterocycles. The zero-order valence-corrected chi connectivity index (χ0v) is 18.1. The summed E-state index contributed by atoms with van der Waals surface area (Å²) in [5, 5.41) is 8.11. The lowest BCUT2D eigenvalue weighted by Crippen LogP contribution is -2.11. The molecule has 0 spiro atoms. The first kappa shape index (κ1) is 19.1. The van der Waals surface area contributed by atoms with Gasteiger partial charge in [-0.3, -0.25) is 9.48 Å². The van der Waals surface area contributed by atoms with Crippen LogP contribution in [-0.2, 0) is 19.4 Å². The first-order chi connectivity index (χ1) is 15.7. The quantitative estimate of drug-likeness (QED) is 0.388. The minimum Gasteiger partial charge on any atom is -0.454 e. The number of carbonyl (C=O) groups excluding carboxylic acids is 1. The zero-order chi connectivity index (χ0) is 21.5. The van der Waals surface area contributed by atoms with Crippen molar-refractivity contribution < 1.29 is 9.21 Å². The van der Waals surface area contributed by atoms with Gasteiger partial charge in [0.05, 0.1) is 23.1 Å². The Morgan fingerprint density at radius 3 is 2.94 bits per heavy atom. The maximum absolute atomic E-state index is 13.0. The van der Waals surface area contributed by atoms with Crippen LogP contribution in [0.3, 0.4) is 0 Å². The number of furan rings is 1. The van der Waals surface area contributed by atoms with E-state index in [2.05, 4.69) is 15.4 Å². The number of nitrogens with zero attached hydrogens (tertiary/aromatic N) is 3. The average molecular weight is 444 g/mol. The fraction of sp³-hybridized carbons (Fsp3) is 0.208. The van der Waals surface area contributed by atoms with Crippen molar-refractivity contribution in [2.24, 2.45) is 0 Å². The molecule has 1 aliphatic rings. The van der Waals surface area contributed by atoms with E-state index < -0.39 is 0 Å². The Kier molecular flexibility index (Phi) is 4.65. The highest BCUT2D eigenvalue weighted by Gasteiger charge is 2.26. The second kappa shape index (κ2) is 7.80. The fourth-order valence-electron chi connectivity index (χ4n) is 4.28. The molecular formula is C24H21N5O2S. The van der Waals surface area contributed by atoms with Crippen LogP contribution in [0.15, 0.2) is 59.3 Å². The maximum atomic E-state index is 13.0. The number of fused-ring (bicyclic) bond motifs is 2. The summed E-state index contributed by atoms with van der Waals surface area (Å²) in [6.07, 6.45) is 7.95. The van der Waals surface area contributed by atoms with Gasteiger partial charge in [-0.15, -0.1) is 11.3 Å². The molecule has 8 heteroatoms. The second-order valence-corrected chi connectivity index (χ2v) is 9.05. The number of para-hydroxylation sites is 2.